The Morgan fingerprint density at radius 3 is 2.82 bits per heavy atom. The lowest BCUT2D eigenvalue weighted by molar-refractivity contribution is 0.693. The number of H-pyrrole nitrogens is 1. The molecule has 0 radical (unpaired) electrons. The molecule has 1 aliphatic rings. The lowest BCUT2D eigenvalue weighted by Crippen LogP contribution is -2.29. The maximum absolute atomic E-state index is 11.6. The van der Waals surface area contributed by atoms with Gasteiger partial charge in [-0.15, -0.1) is 0 Å². The molecule has 0 unspecified atom stereocenters. The van der Waals surface area contributed by atoms with E-state index in [2.05, 4.69) is 21.8 Å². The summed E-state index contributed by atoms with van der Waals surface area (Å²) in [6.45, 7) is 6.20. The SMILES string of the molecule is CCCN(CC1CC1)c1cc(=O)[nH]c(CC)n1. The zero-order valence-corrected chi connectivity index (χ0v) is 10.7. The molecule has 1 aromatic rings. The minimum absolute atomic E-state index is 0.0382. The third kappa shape index (κ3) is 3.32. The molecule has 0 aromatic carbocycles. The van der Waals surface area contributed by atoms with Crippen molar-refractivity contribution in [1.82, 2.24) is 9.97 Å². The van der Waals surface area contributed by atoms with E-state index >= 15 is 0 Å². The average molecular weight is 235 g/mol. The van der Waals surface area contributed by atoms with Crippen LogP contribution < -0.4 is 10.5 Å². The van der Waals surface area contributed by atoms with Crippen molar-refractivity contribution in [2.45, 2.75) is 39.5 Å². The van der Waals surface area contributed by atoms with E-state index in [4.69, 9.17) is 0 Å². The maximum Gasteiger partial charge on any atom is 0.252 e. The van der Waals surface area contributed by atoms with Gasteiger partial charge in [-0.1, -0.05) is 13.8 Å². The number of anilines is 1. The van der Waals surface area contributed by atoms with Crippen molar-refractivity contribution >= 4 is 5.82 Å². The Balaban J connectivity index is 2.20. The molecule has 4 heteroatoms. The van der Waals surface area contributed by atoms with E-state index in [1.807, 2.05) is 6.92 Å². The molecule has 1 fully saturated rings. The zero-order chi connectivity index (χ0) is 12.3. The highest BCUT2D eigenvalue weighted by Gasteiger charge is 2.24. The summed E-state index contributed by atoms with van der Waals surface area (Å²) in [7, 11) is 0. The molecule has 2 rings (SSSR count). The van der Waals surface area contributed by atoms with Gasteiger partial charge < -0.3 is 9.88 Å². The van der Waals surface area contributed by atoms with Crippen molar-refractivity contribution in [2.75, 3.05) is 18.0 Å². The van der Waals surface area contributed by atoms with Crippen LogP contribution in [-0.4, -0.2) is 23.1 Å². The Labute approximate surface area is 102 Å². The fraction of sp³-hybridized carbons (Fsp3) is 0.692. The number of aromatic amines is 1. The molecule has 94 valence electrons. The van der Waals surface area contributed by atoms with Crippen LogP contribution in [0.15, 0.2) is 10.9 Å². The first-order chi connectivity index (χ1) is 8.22. The molecule has 1 N–H and O–H groups in total. The quantitative estimate of drug-likeness (QED) is 0.820. The second kappa shape index (κ2) is 5.34. The minimum Gasteiger partial charge on any atom is -0.356 e. The molecule has 0 atom stereocenters. The van der Waals surface area contributed by atoms with Crippen molar-refractivity contribution < 1.29 is 0 Å². The lowest BCUT2D eigenvalue weighted by Gasteiger charge is -2.23. The summed E-state index contributed by atoms with van der Waals surface area (Å²) in [6.07, 6.45) is 4.50. The van der Waals surface area contributed by atoms with Crippen LogP contribution in [0.5, 0.6) is 0 Å². The van der Waals surface area contributed by atoms with Gasteiger partial charge in [0.05, 0.1) is 0 Å². The molecule has 0 amide bonds. The number of nitrogens with zero attached hydrogens (tertiary/aromatic N) is 2. The number of aromatic nitrogens is 2. The van der Waals surface area contributed by atoms with Gasteiger partial charge in [0.1, 0.15) is 11.6 Å². The van der Waals surface area contributed by atoms with Gasteiger partial charge in [-0.3, -0.25) is 4.79 Å². The van der Waals surface area contributed by atoms with Crippen LogP contribution in [0.25, 0.3) is 0 Å². The lowest BCUT2D eigenvalue weighted by atomic mass is 10.3. The molecule has 0 spiro atoms. The highest BCUT2D eigenvalue weighted by Crippen LogP contribution is 2.30. The summed E-state index contributed by atoms with van der Waals surface area (Å²) in [5, 5.41) is 0. The normalized spacial score (nSPS) is 14.9. The highest BCUT2D eigenvalue weighted by molar-refractivity contribution is 5.37. The van der Waals surface area contributed by atoms with Gasteiger partial charge in [0.25, 0.3) is 5.56 Å². The molecule has 1 heterocycles. The van der Waals surface area contributed by atoms with Crippen LogP contribution in [0.1, 0.15) is 38.9 Å². The van der Waals surface area contributed by atoms with E-state index in [0.29, 0.717) is 0 Å². The smallest absolute Gasteiger partial charge is 0.252 e. The van der Waals surface area contributed by atoms with E-state index in [-0.39, 0.29) is 5.56 Å². The van der Waals surface area contributed by atoms with Gasteiger partial charge in [-0.25, -0.2) is 4.98 Å². The summed E-state index contributed by atoms with van der Waals surface area (Å²) >= 11 is 0. The summed E-state index contributed by atoms with van der Waals surface area (Å²) in [5.41, 5.74) is -0.0382. The minimum atomic E-state index is -0.0382. The van der Waals surface area contributed by atoms with Crippen molar-refractivity contribution in [3.63, 3.8) is 0 Å². The highest BCUT2D eigenvalue weighted by atomic mass is 16.1. The van der Waals surface area contributed by atoms with Crippen LogP contribution >= 0.6 is 0 Å². The molecule has 1 aliphatic carbocycles. The van der Waals surface area contributed by atoms with Crippen LogP contribution in [0.2, 0.25) is 0 Å². The zero-order valence-electron chi connectivity index (χ0n) is 10.7. The van der Waals surface area contributed by atoms with Gasteiger partial charge in [0, 0.05) is 25.6 Å². The summed E-state index contributed by atoms with van der Waals surface area (Å²) in [6, 6.07) is 1.62. The molecule has 4 nitrogen and oxygen atoms in total. The fourth-order valence-corrected chi connectivity index (χ4v) is 2.00. The number of nitrogens with one attached hydrogen (secondary N) is 1. The Morgan fingerprint density at radius 2 is 2.24 bits per heavy atom. The van der Waals surface area contributed by atoms with Crippen LogP contribution in [0.4, 0.5) is 5.82 Å². The topological polar surface area (TPSA) is 49.0 Å². The summed E-state index contributed by atoms with van der Waals surface area (Å²) < 4.78 is 0. The third-order valence-corrected chi connectivity index (χ3v) is 3.11. The van der Waals surface area contributed by atoms with E-state index < -0.39 is 0 Å². The number of hydrogen-bond donors (Lipinski definition) is 1. The molecule has 1 aromatic heterocycles. The predicted molar refractivity (Wildman–Crippen MR) is 69.5 cm³/mol. The van der Waals surface area contributed by atoms with Crippen molar-refractivity contribution in [3.05, 3.63) is 22.2 Å². The second-order valence-corrected chi connectivity index (χ2v) is 4.79. The summed E-state index contributed by atoms with van der Waals surface area (Å²) in [4.78, 5) is 21.1. The van der Waals surface area contributed by atoms with Gasteiger partial charge in [0.2, 0.25) is 0 Å². The van der Waals surface area contributed by atoms with Gasteiger partial charge in [-0.2, -0.15) is 0 Å². The molecule has 17 heavy (non-hydrogen) atoms. The predicted octanol–water partition coefficient (Wildman–Crippen LogP) is 1.96. The first kappa shape index (κ1) is 12.1. The standard InChI is InChI=1S/C13H21N3O/c1-3-7-16(9-10-5-6-10)12-8-13(17)15-11(4-2)14-12/h8,10H,3-7,9H2,1-2H3,(H,14,15,17). The monoisotopic (exact) mass is 235 g/mol. The van der Waals surface area contributed by atoms with E-state index in [1.165, 1.54) is 12.8 Å². The van der Waals surface area contributed by atoms with Crippen molar-refractivity contribution in [1.29, 1.82) is 0 Å². The van der Waals surface area contributed by atoms with E-state index in [9.17, 15) is 4.79 Å². The Kier molecular flexibility index (Phi) is 3.82. The Hall–Kier alpha value is -1.32. The Morgan fingerprint density at radius 1 is 1.47 bits per heavy atom. The Bertz CT molecular complexity index is 423. The molecule has 1 saturated carbocycles. The van der Waals surface area contributed by atoms with Crippen LogP contribution in [0.3, 0.4) is 0 Å². The average Bonchev–Trinajstić information content (AvgIpc) is 3.11. The first-order valence-corrected chi connectivity index (χ1v) is 6.58. The second-order valence-electron chi connectivity index (χ2n) is 4.79. The van der Waals surface area contributed by atoms with Crippen LogP contribution in [-0.2, 0) is 6.42 Å². The van der Waals surface area contributed by atoms with E-state index in [0.717, 1.165) is 43.5 Å². The molecule has 0 aliphatic heterocycles. The summed E-state index contributed by atoms with van der Waals surface area (Å²) in [5.74, 6) is 2.44. The molecular formula is C13H21N3O. The van der Waals surface area contributed by atoms with E-state index in [1.54, 1.807) is 6.07 Å². The van der Waals surface area contributed by atoms with Gasteiger partial charge >= 0.3 is 0 Å². The largest absolute Gasteiger partial charge is 0.356 e. The maximum atomic E-state index is 11.6. The first-order valence-electron chi connectivity index (χ1n) is 6.58. The van der Waals surface area contributed by atoms with Gasteiger partial charge in [-0.05, 0) is 25.2 Å². The van der Waals surface area contributed by atoms with Crippen molar-refractivity contribution in [2.24, 2.45) is 5.92 Å². The third-order valence-electron chi connectivity index (χ3n) is 3.11. The van der Waals surface area contributed by atoms with Crippen molar-refractivity contribution in [3.8, 4) is 0 Å². The van der Waals surface area contributed by atoms with Crippen LogP contribution in [0, 0.1) is 5.92 Å². The number of hydrogen-bond acceptors (Lipinski definition) is 3. The molecule has 0 saturated heterocycles. The number of aryl methyl sites for hydroxylation is 1. The molecular weight excluding hydrogens is 214 g/mol. The fourth-order valence-electron chi connectivity index (χ4n) is 2.00. The molecule has 0 bridgehead atoms. The number of rotatable bonds is 6. The van der Waals surface area contributed by atoms with Gasteiger partial charge in [0.15, 0.2) is 0 Å².